The third kappa shape index (κ3) is 2.68. The fourth-order valence-corrected chi connectivity index (χ4v) is 2.36. The van der Waals surface area contributed by atoms with Crippen LogP contribution in [-0.4, -0.2) is 20.1 Å². The summed E-state index contributed by atoms with van der Waals surface area (Å²) in [5.74, 6) is 0. The van der Waals surface area contributed by atoms with Gasteiger partial charge in [0.25, 0.3) is 0 Å². The van der Waals surface area contributed by atoms with Crippen LogP contribution in [0.5, 0.6) is 0 Å². The zero-order valence-corrected chi connectivity index (χ0v) is 11.8. The van der Waals surface area contributed by atoms with Crippen LogP contribution < -0.4 is 10.2 Å². The SMILES string of the molecule is CC(Nc1ccc(N(C)C)c(Cl)c1)C1(C)CC1. The van der Waals surface area contributed by atoms with E-state index in [9.17, 15) is 0 Å². The number of hydrogen-bond acceptors (Lipinski definition) is 2. The largest absolute Gasteiger partial charge is 0.382 e. The molecule has 1 fully saturated rings. The molecular formula is C14H21ClN2. The van der Waals surface area contributed by atoms with Crippen LogP contribution in [0.25, 0.3) is 0 Å². The van der Waals surface area contributed by atoms with Crippen LogP contribution in [0.15, 0.2) is 18.2 Å². The van der Waals surface area contributed by atoms with Gasteiger partial charge in [0.15, 0.2) is 0 Å². The lowest BCUT2D eigenvalue weighted by molar-refractivity contribution is 0.493. The van der Waals surface area contributed by atoms with Crippen molar-refractivity contribution in [3.8, 4) is 0 Å². The molecule has 1 atom stereocenters. The van der Waals surface area contributed by atoms with Crippen LogP contribution in [0.4, 0.5) is 11.4 Å². The average molecular weight is 253 g/mol. The van der Waals surface area contributed by atoms with Crippen LogP contribution in [0.2, 0.25) is 5.02 Å². The lowest BCUT2D eigenvalue weighted by atomic mass is 10.0. The van der Waals surface area contributed by atoms with Gasteiger partial charge in [0, 0.05) is 25.8 Å². The minimum absolute atomic E-state index is 0.479. The van der Waals surface area contributed by atoms with Crippen molar-refractivity contribution in [1.82, 2.24) is 0 Å². The van der Waals surface area contributed by atoms with Crippen molar-refractivity contribution in [3.63, 3.8) is 0 Å². The van der Waals surface area contributed by atoms with Gasteiger partial charge in [-0.05, 0) is 43.4 Å². The monoisotopic (exact) mass is 252 g/mol. The van der Waals surface area contributed by atoms with Gasteiger partial charge in [-0.3, -0.25) is 0 Å². The molecule has 1 aromatic carbocycles. The van der Waals surface area contributed by atoms with Gasteiger partial charge in [-0.25, -0.2) is 0 Å². The summed E-state index contributed by atoms with van der Waals surface area (Å²) in [5.41, 5.74) is 2.65. The quantitative estimate of drug-likeness (QED) is 0.871. The minimum atomic E-state index is 0.479. The summed E-state index contributed by atoms with van der Waals surface area (Å²) in [6, 6.07) is 6.68. The average Bonchev–Trinajstić information content (AvgIpc) is 2.97. The number of nitrogens with zero attached hydrogens (tertiary/aromatic N) is 1. The van der Waals surface area contributed by atoms with E-state index in [1.807, 2.05) is 25.1 Å². The predicted octanol–water partition coefficient (Wildman–Crippen LogP) is 4.01. The highest BCUT2D eigenvalue weighted by Crippen LogP contribution is 2.48. The first-order chi connectivity index (χ1) is 7.92. The van der Waals surface area contributed by atoms with Crippen LogP contribution in [0, 0.1) is 5.41 Å². The van der Waals surface area contributed by atoms with Crippen LogP contribution >= 0.6 is 11.6 Å². The van der Waals surface area contributed by atoms with E-state index in [1.165, 1.54) is 12.8 Å². The number of rotatable bonds is 4. The zero-order chi connectivity index (χ0) is 12.6. The standard InChI is InChI=1S/C14H21ClN2/c1-10(14(2)7-8-14)16-11-5-6-13(17(3)4)12(15)9-11/h5-6,9-10,16H,7-8H2,1-4H3. The molecule has 1 aliphatic carbocycles. The normalized spacial score (nSPS) is 18.6. The minimum Gasteiger partial charge on any atom is -0.382 e. The van der Waals surface area contributed by atoms with Gasteiger partial charge >= 0.3 is 0 Å². The smallest absolute Gasteiger partial charge is 0.0659 e. The molecule has 0 bridgehead atoms. The second-order valence-electron chi connectivity index (χ2n) is 5.58. The fraction of sp³-hybridized carbons (Fsp3) is 0.571. The van der Waals surface area contributed by atoms with E-state index in [1.54, 1.807) is 0 Å². The summed E-state index contributed by atoms with van der Waals surface area (Å²) < 4.78 is 0. The summed E-state index contributed by atoms with van der Waals surface area (Å²) >= 11 is 6.26. The number of benzene rings is 1. The molecule has 0 heterocycles. The molecule has 1 N–H and O–H groups in total. The van der Waals surface area contributed by atoms with Gasteiger partial charge in [0.2, 0.25) is 0 Å². The molecule has 1 aromatic rings. The van der Waals surface area contributed by atoms with Gasteiger partial charge in [0.05, 0.1) is 10.7 Å². The maximum atomic E-state index is 6.26. The van der Waals surface area contributed by atoms with E-state index in [-0.39, 0.29) is 0 Å². The molecule has 3 heteroatoms. The number of halogens is 1. The molecule has 2 rings (SSSR count). The first kappa shape index (κ1) is 12.6. The Morgan fingerprint density at radius 1 is 1.35 bits per heavy atom. The Morgan fingerprint density at radius 3 is 2.47 bits per heavy atom. The van der Waals surface area contributed by atoms with Crippen molar-refractivity contribution in [2.24, 2.45) is 5.41 Å². The predicted molar refractivity (Wildman–Crippen MR) is 76.2 cm³/mol. The van der Waals surface area contributed by atoms with Crippen LogP contribution in [-0.2, 0) is 0 Å². The third-order valence-corrected chi connectivity index (χ3v) is 4.20. The van der Waals surface area contributed by atoms with Gasteiger partial charge in [-0.2, -0.15) is 0 Å². The topological polar surface area (TPSA) is 15.3 Å². The van der Waals surface area contributed by atoms with E-state index in [0.29, 0.717) is 11.5 Å². The van der Waals surface area contributed by atoms with Gasteiger partial charge in [0.1, 0.15) is 0 Å². The molecule has 0 aliphatic heterocycles. The summed E-state index contributed by atoms with van der Waals surface area (Å²) in [4.78, 5) is 2.03. The van der Waals surface area contributed by atoms with E-state index in [0.717, 1.165) is 16.4 Å². The van der Waals surface area contributed by atoms with E-state index < -0.39 is 0 Å². The summed E-state index contributed by atoms with van der Waals surface area (Å²) in [6.07, 6.45) is 2.65. The highest BCUT2D eigenvalue weighted by molar-refractivity contribution is 6.33. The molecule has 1 aliphatic rings. The third-order valence-electron chi connectivity index (χ3n) is 3.90. The Bertz CT molecular complexity index is 411. The van der Waals surface area contributed by atoms with Gasteiger partial charge in [-0.15, -0.1) is 0 Å². The van der Waals surface area contributed by atoms with Crippen molar-refractivity contribution in [2.75, 3.05) is 24.3 Å². The van der Waals surface area contributed by atoms with E-state index >= 15 is 0 Å². The molecule has 17 heavy (non-hydrogen) atoms. The molecule has 0 radical (unpaired) electrons. The molecule has 1 saturated carbocycles. The van der Waals surface area contributed by atoms with Crippen molar-refractivity contribution < 1.29 is 0 Å². The maximum Gasteiger partial charge on any atom is 0.0659 e. The molecule has 1 unspecified atom stereocenters. The Labute approximate surface area is 109 Å². The molecule has 0 aromatic heterocycles. The Kier molecular flexibility index (Phi) is 3.26. The lowest BCUT2D eigenvalue weighted by Gasteiger charge is -2.22. The molecule has 94 valence electrons. The molecule has 2 nitrogen and oxygen atoms in total. The maximum absolute atomic E-state index is 6.26. The Balaban J connectivity index is 2.10. The number of hydrogen-bond donors (Lipinski definition) is 1. The van der Waals surface area contributed by atoms with Gasteiger partial charge in [-0.1, -0.05) is 18.5 Å². The first-order valence-electron chi connectivity index (χ1n) is 6.16. The van der Waals surface area contributed by atoms with Crippen molar-refractivity contribution in [1.29, 1.82) is 0 Å². The summed E-state index contributed by atoms with van der Waals surface area (Å²) in [7, 11) is 4.00. The number of nitrogens with one attached hydrogen (secondary N) is 1. The van der Waals surface area contributed by atoms with E-state index in [4.69, 9.17) is 11.6 Å². The second kappa shape index (κ2) is 4.41. The van der Waals surface area contributed by atoms with Crippen molar-refractivity contribution >= 4 is 23.0 Å². The highest BCUT2D eigenvalue weighted by Gasteiger charge is 2.42. The summed E-state index contributed by atoms with van der Waals surface area (Å²) in [5, 5.41) is 4.35. The molecular weight excluding hydrogens is 232 g/mol. The molecule has 0 spiro atoms. The lowest BCUT2D eigenvalue weighted by Crippen LogP contribution is -2.24. The first-order valence-corrected chi connectivity index (χ1v) is 6.53. The zero-order valence-electron chi connectivity index (χ0n) is 11.0. The molecule has 0 amide bonds. The highest BCUT2D eigenvalue weighted by atomic mass is 35.5. The Morgan fingerprint density at radius 2 is 2.00 bits per heavy atom. The fourth-order valence-electron chi connectivity index (χ4n) is 2.01. The van der Waals surface area contributed by atoms with Crippen LogP contribution in [0.3, 0.4) is 0 Å². The second-order valence-corrected chi connectivity index (χ2v) is 5.99. The van der Waals surface area contributed by atoms with Crippen LogP contribution in [0.1, 0.15) is 26.7 Å². The van der Waals surface area contributed by atoms with Gasteiger partial charge < -0.3 is 10.2 Å². The molecule has 0 saturated heterocycles. The van der Waals surface area contributed by atoms with E-state index in [2.05, 4.69) is 31.3 Å². The summed E-state index contributed by atoms with van der Waals surface area (Å²) in [6.45, 7) is 4.58. The Hall–Kier alpha value is -0.890. The van der Waals surface area contributed by atoms with Crippen molar-refractivity contribution in [2.45, 2.75) is 32.7 Å². The number of anilines is 2. The van der Waals surface area contributed by atoms with Crippen molar-refractivity contribution in [3.05, 3.63) is 23.2 Å².